The molecule has 1 amide bonds. The summed E-state index contributed by atoms with van der Waals surface area (Å²) in [5.41, 5.74) is 6.62. The van der Waals surface area contributed by atoms with Crippen molar-refractivity contribution in [3.05, 3.63) is 29.8 Å². The zero-order chi connectivity index (χ0) is 13.5. The van der Waals surface area contributed by atoms with E-state index in [0.717, 1.165) is 5.75 Å². The number of carbonyl (C=O) groups excluding carboxylic acids is 1. The van der Waals surface area contributed by atoms with Crippen LogP contribution in [-0.4, -0.2) is 25.1 Å². The number of nitrogens with two attached hydrogens (primary N) is 1. The van der Waals surface area contributed by atoms with Crippen molar-refractivity contribution in [2.45, 2.75) is 32.7 Å². The fourth-order valence-corrected chi connectivity index (χ4v) is 1.49. The second-order valence-electron chi connectivity index (χ2n) is 4.72. The molecule has 108 valence electrons. The number of nitrogens with one attached hydrogen (secondary N) is 1. The molecule has 1 atom stereocenters. The maximum Gasteiger partial charge on any atom is 0.258 e. The summed E-state index contributed by atoms with van der Waals surface area (Å²) in [6.45, 7) is 6.54. The van der Waals surface area contributed by atoms with Crippen LogP contribution in [0.2, 0.25) is 0 Å². The molecule has 1 aromatic carbocycles. The van der Waals surface area contributed by atoms with Crippen molar-refractivity contribution in [3.8, 4) is 5.75 Å². The monoisotopic (exact) mass is 286 g/mol. The van der Waals surface area contributed by atoms with E-state index in [1.54, 1.807) is 0 Å². The zero-order valence-electron chi connectivity index (χ0n) is 11.7. The molecule has 4 nitrogen and oxygen atoms in total. The Balaban J connectivity index is 0.00000324. The van der Waals surface area contributed by atoms with E-state index in [2.05, 4.69) is 19.2 Å². The number of rotatable bonds is 6. The van der Waals surface area contributed by atoms with Gasteiger partial charge in [0.1, 0.15) is 5.75 Å². The van der Waals surface area contributed by atoms with Crippen molar-refractivity contribution in [3.63, 3.8) is 0 Å². The molecule has 0 aliphatic rings. The lowest BCUT2D eigenvalue weighted by molar-refractivity contribution is -0.123. The number of amides is 1. The highest BCUT2D eigenvalue weighted by molar-refractivity contribution is 5.85. The van der Waals surface area contributed by atoms with Crippen molar-refractivity contribution in [1.82, 2.24) is 5.32 Å². The average molecular weight is 287 g/mol. The Morgan fingerprint density at radius 2 is 2.05 bits per heavy atom. The summed E-state index contributed by atoms with van der Waals surface area (Å²) in [6, 6.07) is 7.78. The molecule has 1 aromatic rings. The van der Waals surface area contributed by atoms with Gasteiger partial charge in [-0.25, -0.2) is 0 Å². The first-order chi connectivity index (χ1) is 8.52. The molecule has 0 saturated heterocycles. The Bertz CT molecular complexity index is 397. The maximum atomic E-state index is 11.5. The van der Waals surface area contributed by atoms with Gasteiger partial charge in [-0.2, -0.15) is 0 Å². The van der Waals surface area contributed by atoms with E-state index in [1.165, 1.54) is 5.56 Å². The van der Waals surface area contributed by atoms with Crippen LogP contribution in [0.3, 0.4) is 0 Å². The number of carbonyl (C=O) groups is 1. The van der Waals surface area contributed by atoms with Crippen molar-refractivity contribution < 1.29 is 9.53 Å². The van der Waals surface area contributed by atoms with Gasteiger partial charge in [0, 0.05) is 12.6 Å². The van der Waals surface area contributed by atoms with E-state index >= 15 is 0 Å². The molecule has 0 aliphatic heterocycles. The molecule has 0 unspecified atom stereocenters. The Morgan fingerprint density at radius 1 is 1.37 bits per heavy atom. The zero-order valence-corrected chi connectivity index (χ0v) is 12.5. The topological polar surface area (TPSA) is 64.3 Å². The molecule has 0 spiro atoms. The van der Waals surface area contributed by atoms with Crippen molar-refractivity contribution in [2.75, 3.05) is 13.2 Å². The second-order valence-corrected chi connectivity index (χ2v) is 4.72. The van der Waals surface area contributed by atoms with Gasteiger partial charge in [0.05, 0.1) is 0 Å². The van der Waals surface area contributed by atoms with Gasteiger partial charge in [-0.05, 0) is 30.5 Å². The summed E-state index contributed by atoms with van der Waals surface area (Å²) < 4.78 is 5.45. The predicted molar refractivity (Wildman–Crippen MR) is 79.9 cm³/mol. The van der Waals surface area contributed by atoms with Gasteiger partial charge < -0.3 is 15.8 Å². The van der Waals surface area contributed by atoms with Gasteiger partial charge in [-0.3, -0.25) is 4.79 Å². The van der Waals surface area contributed by atoms with E-state index in [9.17, 15) is 4.79 Å². The molecule has 0 radical (unpaired) electrons. The number of benzene rings is 1. The van der Waals surface area contributed by atoms with Crippen LogP contribution in [-0.2, 0) is 4.79 Å². The van der Waals surface area contributed by atoms with Crippen LogP contribution in [0.4, 0.5) is 0 Å². The van der Waals surface area contributed by atoms with Crippen LogP contribution in [0.5, 0.6) is 5.75 Å². The van der Waals surface area contributed by atoms with Gasteiger partial charge >= 0.3 is 0 Å². The molecule has 0 bridgehead atoms. The smallest absolute Gasteiger partial charge is 0.258 e. The Labute approximate surface area is 121 Å². The summed E-state index contributed by atoms with van der Waals surface area (Å²) in [5.74, 6) is 1.01. The maximum absolute atomic E-state index is 11.5. The molecule has 0 aromatic heterocycles. The molecule has 19 heavy (non-hydrogen) atoms. The summed E-state index contributed by atoms with van der Waals surface area (Å²) in [4.78, 5) is 11.5. The molecular weight excluding hydrogens is 264 g/mol. The quantitative estimate of drug-likeness (QED) is 0.841. The van der Waals surface area contributed by atoms with Crippen LogP contribution in [0.15, 0.2) is 24.3 Å². The minimum absolute atomic E-state index is 0. The first-order valence-electron chi connectivity index (χ1n) is 6.25. The van der Waals surface area contributed by atoms with Crippen molar-refractivity contribution in [2.24, 2.45) is 5.73 Å². The fraction of sp³-hybridized carbons (Fsp3) is 0.500. The molecular formula is C14H23ClN2O2. The van der Waals surface area contributed by atoms with Gasteiger partial charge in [0.2, 0.25) is 0 Å². The third-order valence-corrected chi connectivity index (χ3v) is 2.66. The van der Waals surface area contributed by atoms with Crippen LogP contribution >= 0.6 is 12.4 Å². The minimum atomic E-state index is -0.150. The number of hydrogen-bond acceptors (Lipinski definition) is 3. The molecule has 0 fully saturated rings. The highest BCUT2D eigenvalue weighted by atomic mass is 35.5. The van der Waals surface area contributed by atoms with Gasteiger partial charge in [-0.1, -0.05) is 26.0 Å². The van der Waals surface area contributed by atoms with E-state index in [0.29, 0.717) is 12.5 Å². The molecule has 0 heterocycles. The van der Waals surface area contributed by atoms with Crippen LogP contribution in [0.25, 0.3) is 0 Å². The molecule has 0 aliphatic carbocycles. The van der Waals surface area contributed by atoms with Gasteiger partial charge in [-0.15, -0.1) is 12.4 Å². The highest BCUT2D eigenvalue weighted by Crippen LogP contribution is 2.19. The molecule has 0 saturated carbocycles. The number of halogens is 1. The van der Waals surface area contributed by atoms with Gasteiger partial charge in [0.15, 0.2) is 6.61 Å². The van der Waals surface area contributed by atoms with Crippen LogP contribution in [0, 0.1) is 0 Å². The van der Waals surface area contributed by atoms with Crippen LogP contribution < -0.4 is 15.8 Å². The molecule has 3 N–H and O–H groups in total. The highest BCUT2D eigenvalue weighted by Gasteiger charge is 2.07. The molecule has 1 rings (SSSR count). The summed E-state index contributed by atoms with van der Waals surface area (Å²) in [5, 5.41) is 2.75. The Morgan fingerprint density at radius 3 is 2.63 bits per heavy atom. The normalized spacial score (nSPS) is 11.6. The number of hydrogen-bond donors (Lipinski definition) is 2. The van der Waals surface area contributed by atoms with E-state index in [-0.39, 0.29) is 31.0 Å². The second kappa shape index (κ2) is 8.77. The standard InChI is InChI=1S/C14H22N2O2.ClH/c1-10(2)12-5-4-6-13(7-12)18-9-14(17)16-11(3)8-15;/h4-7,10-11H,8-9,15H2,1-3H3,(H,16,17);1H/t11-;/m0./s1. The van der Waals surface area contributed by atoms with E-state index in [4.69, 9.17) is 10.5 Å². The molecule has 5 heteroatoms. The average Bonchev–Trinajstić information content (AvgIpc) is 2.36. The van der Waals surface area contributed by atoms with E-state index in [1.807, 2.05) is 31.2 Å². The SMILES string of the molecule is CC(C)c1cccc(OCC(=O)N[C@@H](C)CN)c1.Cl. The lowest BCUT2D eigenvalue weighted by atomic mass is 10.0. The fourth-order valence-electron chi connectivity index (χ4n) is 1.49. The van der Waals surface area contributed by atoms with E-state index < -0.39 is 0 Å². The summed E-state index contributed by atoms with van der Waals surface area (Å²) >= 11 is 0. The first kappa shape index (κ1) is 17.7. The first-order valence-corrected chi connectivity index (χ1v) is 6.25. The lowest BCUT2D eigenvalue weighted by Gasteiger charge is -2.13. The summed E-state index contributed by atoms with van der Waals surface area (Å²) in [6.07, 6.45) is 0. The van der Waals surface area contributed by atoms with Gasteiger partial charge in [0.25, 0.3) is 5.91 Å². The largest absolute Gasteiger partial charge is 0.484 e. The lowest BCUT2D eigenvalue weighted by Crippen LogP contribution is -2.40. The third kappa shape index (κ3) is 6.45. The van der Waals surface area contributed by atoms with Crippen LogP contribution in [0.1, 0.15) is 32.3 Å². The summed E-state index contributed by atoms with van der Waals surface area (Å²) in [7, 11) is 0. The number of ether oxygens (including phenoxy) is 1. The minimum Gasteiger partial charge on any atom is -0.484 e. The van der Waals surface area contributed by atoms with Crippen molar-refractivity contribution in [1.29, 1.82) is 0 Å². The third-order valence-electron chi connectivity index (χ3n) is 2.66. The Kier molecular flexibility index (Phi) is 8.19. The Hall–Kier alpha value is -1.26. The van der Waals surface area contributed by atoms with Crippen molar-refractivity contribution >= 4 is 18.3 Å². The predicted octanol–water partition coefficient (Wildman–Crippen LogP) is 2.07.